The van der Waals surface area contributed by atoms with Crippen LogP contribution in [0.2, 0.25) is 0 Å². The average Bonchev–Trinajstić information content (AvgIpc) is 2.70. The molecule has 1 heterocycles. The fourth-order valence-corrected chi connectivity index (χ4v) is 2.50. The van der Waals surface area contributed by atoms with Crippen molar-refractivity contribution < 1.29 is 9.53 Å². The zero-order valence-electron chi connectivity index (χ0n) is 15.5. The average molecular weight is 361 g/mol. The first-order valence-corrected chi connectivity index (χ1v) is 9.00. The number of hydrogen-bond acceptors (Lipinski definition) is 4. The fourth-order valence-electron chi connectivity index (χ4n) is 2.50. The SMILES string of the molecule is CCC(C)Nc1cncc(C(=O)Nc2ccccc2Oc2ccccc2)c1. The second-order valence-corrected chi connectivity index (χ2v) is 6.28. The predicted molar refractivity (Wildman–Crippen MR) is 109 cm³/mol. The molecule has 5 nitrogen and oxygen atoms in total. The van der Waals surface area contributed by atoms with Gasteiger partial charge in [0.15, 0.2) is 5.75 Å². The van der Waals surface area contributed by atoms with Gasteiger partial charge >= 0.3 is 0 Å². The van der Waals surface area contributed by atoms with Crippen molar-refractivity contribution in [2.24, 2.45) is 0 Å². The van der Waals surface area contributed by atoms with Crippen molar-refractivity contribution in [3.8, 4) is 11.5 Å². The molecule has 1 atom stereocenters. The van der Waals surface area contributed by atoms with Gasteiger partial charge in [0.25, 0.3) is 5.91 Å². The van der Waals surface area contributed by atoms with Gasteiger partial charge in [0.1, 0.15) is 5.75 Å². The summed E-state index contributed by atoms with van der Waals surface area (Å²) in [6.45, 7) is 4.19. The van der Waals surface area contributed by atoms with E-state index in [1.54, 1.807) is 18.5 Å². The number of carbonyl (C=O) groups is 1. The number of anilines is 2. The summed E-state index contributed by atoms with van der Waals surface area (Å²) in [4.78, 5) is 16.9. The summed E-state index contributed by atoms with van der Waals surface area (Å²) in [7, 11) is 0. The standard InChI is InChI=1S/C22H23N3O2/c1-3-16(2)24-18-13-17(14-23-15-18)22(26)25-20-11-7-8-12-21(20)27-19-9-5-4-6-10-19/h4-16,24H,3H2,1-2H3,(H,25,26). The minimum Gasteiger partial charge on any atom is -0.455 e. The lowest BCUT2D eigenvalue weighted by atomic mass is 10.2. The molecule has 5 heteroatoms. The topological polar surface area (TPSA) is 63.2 Å². The van der Waals surface area contributed by atoms with Crippen LogP contribution in [-0.2, 0) is 0 Å². The Hall–Kier alpha value is -3.34. The lowest BCUT2D eigenvalue weighted by Crippen LogP contribution is -2.16. The van der Waals surface area contributed by atoms with Gasteiger partial charge in [0.05, 0.1) is 16.9 Å². The molecule has 0 saturated carbocycles. The molecule has 0 aliphatic carbocycles. The third-order valence-electron chi connectivity index (χ3n) is 4.13. The first-order valence-electron chi connectivity index (χ1n) is 9.00. The van der Waals surface area contributed by atoms with Crippen LogP contribution in [0.1, 0.15) is 30.6 Å². The van der Waals surface area contributed by atoms with Crippen molar-refractivity contribution in [2.45, 2.75) is 26.3 Å². The summed E-state index contributed by atoms with van der Waals surface area (Å²) in [5, 5.41) is 6.24. The van der Waals surface area contributed by atoms with Crippen LogP contribution >= 0.6 is 0 Å². The molecular formula is C22H23N3O2. The Balaban J connectivity index is 1.76. The lowest BCUT2D eigenvalue weighted by molar-refractivity contribution is 0.102. The number of benzene rings is 2. The highest BCUT2D eigenvalue weighted by Gasteiger charge is 2.12. The Bertz CT molecular complexity index is 897. The largest absolute Gasteiger partial charge is 0.455 e. The quantitative estimate of drug-likeness (QED) is 0.596. The van der Waals surface area contributed by atoms with Crippen LogP contribution in [0.5, 0.6) is 11.5 Å². The molecule has 0 saturated heterocycles. The predicted octanol–water partition coefficient (Wildman–Crippen LogP) is 5.34. The van der Waals surface area contributed by atoms with Crippen molar-refractivity contribution >= 4 is 17.3 Å². The molecule has 1 aromatic heterocycles. The van der Waals surface area contributed by atoms with Crippen LogP contribution in [0, 0.1) is 0 Å². The third kappa shape index (κ3) is 5.07. The van der Waals surface area contributed by atoms with E-state index in [4.69, 9.17) is 4.74 Å². The molecule has 3 rings (SSSR count). The molecule has 27 heavy (non-hydrogen) atoms. The Labute approximate surface area is 159 Å². The highest BCUT2D eigenvalue weighted by atomic mass is 16.5. The number of amides is 1. The molecule has 3 aromatic rings. The third-order valence-corrected chi connectivity index (χ3v) is 4.13. The first kappa shape index (κ1) is 18.5. The van der Waals surface area contributed by atoms with E-state index in [0.717, 1.165) is 12.1 Å². The number of ether oxygens (including phenoxy) is 1. The van der Waals surface area contributed by atoms with Gasteiger partial charge in [-0.25, -0.2) is 0 Å². The van der Waals surface area contributed by atoms with E-state index in [-0.39, 0.29) is 5.91 Å². The Kier molecular flexibility index (Phi) is 6.05. The normalized spacial score (nSPS) is 11.5. The number of para-hydroxylation sites is 3. The molecule has 0 aliphatic heterocycles. The zero-order chi connectivity index (χ0) is 19.1. The van der Waals surface area contributed by atoms with Gasteiger partial charge in [0.2, 0.25) is 0 Å². The monoisotopic (exact) mass is 361 g/mol. The molecule has 0 bridgehead atoms. The van der Waals surface area contributed by atoms with Crippen molar-refractivity contribution in [3.05, 3.63) is 78.6 Å². The molecule has 138 valence electrons. The zero-order valence-corrected chi connectivity index (χ0v) is 15.5. The summed E-state index contributed by atoms with van der Waals surface area (Å²) < 4.78 is 5.89. The van der Waals surface area contributed by atoms with Crippen LogP contribution < -0.4 is 15.4 Å². The molecule has 0 fully saturated rings. The molecular weight excluding hydrogens is 338 g/mol. The second-order valence-electron chi connectivity index (χ2n) is 6.28. The van der Waals surface area contributed by atoms with Gasteiger partial charge in [-0.1, -0.05) is 37.3 Å². The molecule has 2 N–H and O–H groups in total. The molecule has 1 unspecified atom stereocenters. The van der Waals surface area contributed by atoms with Gasteiger partial charge < -0.3 is 15.4 Å². The minimum atomic E-state index is -0.237. The summed E-state index contributed by atoms with van der Waals surface area (Å²) in [6, 6.07) is 18.9. The number of aromatic nitrogens is 1. The number of rotatable bonds is 7. The highest BCUT2D eigenvalue weighted by Crippen LogP contribution is 2.29. The maximum atomic E-state index is 12.7. The van der Waals surface area contributed by atoms with E-state index in [2.05, 4.69) is 29.5 Å². The molecule has 0 spiro atoms. The summed E-state index contributed by atoms with van der Waals surface area (Å²) >= 11 is 0. The van der Waals surface area contributed by atoms with Gasteiger partial charge in [0, 0.05) is 18.4 Å². The Morgan fingerprint density at radius 3 is 2.59 bits per heavy atom. The van der Waals surface area contributed by atoms with Crippen LogP contribution in [-0.4, -0.2) is 16.9 Å². The first-order chi connectivity index (χ1) is 13.2. The summed E-state index contributed by atoms with van der Waals surface area (Å²) in [5.41, 5.74) is 1.91. The number of pyridine rings is 1. The van der Waals surface area contributed by atoms with Crippen LogP contribution in [0.25, 0.3) is 0 Å². The Morgan fingerprint density at radius 2 is 1.81 bits per heavy atom. The number of carbonyl (C=O) groups excluding carboxylic acids is 1. The summed E-state index contributed by atoms with van der Waals surface area (Å²) in [6.07, 6.45) is 4.26. The second kappa shape index (κ2) is 8.85. The van der Waals surface area contributed by atoms with Crippen LogP contribution in [0.3, 0.4) is 0 Å². The maximum Gasteiger partial charge on any atom is 0.257 e. The smallest absolute Gasteiger partial charge is 0.257 e. The van der Waals surface area contributed by atoms with Crippen molar-refractivity contribution in [3.63, 3.8) is 0 Å². The van der Waals surface area contributed by atoms with E-state index in [1.165, 1.54) is 0 Å². The van der Waals surface area contributed by atoms with Crippen molar-refractivity contribution in [1.29, 1.82) is 0 Å². The van der Waals surface area contributed by atoms with Crippen LogP contribution in [0.15, 0.2) is 73.1 Å². The van der Waals surface area contributed by atoms with Crippen molar-refractivity contribution in [2.75, 3.05) is 10.6 Å². The highest BCUT2D eigenvalue weighted by molar-refractivity contribution is 6.05. The number of nitrogens with one attached hydrogen (secondary N) is 2. The molecule has 0 radical (unpaired) electrons. The lowest BCUT2D eigenvalue weighted by Gasteiger charge is -2.14. The van der Waals surface area contributed by atoms with Gasteiger partial charge in [-0.15, -0.1) is 0 Å². The van der Waals surface area contributed by atoms with E-state index < -0.39 is 0 Å². The number of nitrogens with zero attached hydrogens (tertiary/aromatic N) is 1. The van der Waals surface area contributed by atoms with Gasteiger partial charge in [-0.05, 0) is 43.7 Å². The number of hydrogen-bond donors (Lipinski definition) is 2. The van der Waals surface area contributed by atoms with Crippen molar-refractivity contribution in [1.82, 2.24) is 4.98 Å². The maximum absolute atomic E-state index is 12.7. The molecule has 1 amide bonds. The molecule has 0 aliphatic rings. The Morgan fingerprint density at radius 1 is 1.07 bits per heavy atom. The van der Waals surface area contributed by atoms with E-state index in [0.29, 0.717) is 28.8 Å². The van der Waals surface area contributed by atoms with Gasteiger partial charge in [-0.3, -0.25) is 9.78 Å². The van der Waals surface area contributed by atoms with E-state index >= 15 is 0 Å². The van der Waals surface area contributed by atoms with E-state index in [9.17, 15) is 4.79 Å². The minimum absolute atomic E-state index is 0.237. The van der Waals surface area contributed by atoms with Gasteiger partial charge in [-0.2, -0.15) is 0 Å². The summed E-state index contributed by atoms with van der Waals surface area (Å²) in [5.74, 6) is 1.05. The van der Waals surface area contributed by atoms with Crippen LogP contribution in [0.4, 0.5) is 11.4 Å². The fraction of sp³-hybridized carbons (Fsp3) is 0.182. The molecule has 2 aromatic carbocycles. The van der Waals surface area contributed by atoms with E-state index in [1.807, 2.05) is 54.6 Å².